The number of carbonyl (C=O) groups excluding carboxylic acids is 1. The number of hydrogen-bond acceptors (Lipinski definition) is 5. The molecule has 0 radical (unpaired) electrons. The number of anilines is 1. The lowest BCUT2D eigenvalue weighted by molar-refractivity contribution is -0.115. The summed E-state index contributed by atoms with van der Waals surface area (Å²) in [6, 6.07) is 8.71. The van der Waals surface area contributed by atoms with Crippen LogP contribution < -0.4 is 5.32 Å². The number of para-hydroxylation sites is 1. The van der Waals surface area contributed by atoms with Crippen molar-refractivity contribution in [2.45, 2.75) is 0 Å². The largest absolute Gasteiger partial charge is 0.529 e. The van der Waals surface area contributed by atoms with Crippen LogP contribution in [0.25, 0.3) is 0 Å². The Morgan fingerprint density at radius 3 is 2.28 bits per heavy atom. The molecule has 0 aliphatic rings. The first-order valence-electron chi connectivity index (χ1n) is 4.97. The Bertz CT molecular complexity index is 466. The molecule has 1 rings (SSSR count). The molecule has 0 aliphatic carbocycles. The van der Waals surface area contributed by atoms with Crippen LogP contribution in [0.2, 0.25) is 0 Å². The molecule has 98 valence electrons. The van der Waals surface area contributed by atoms with Crippen LogP contribution >= 0.6 is 7.82 Å². The number of phosphoric ester groups is 1. The van der Waals surface area contributed by atoms with Crippen LogP contribution in [0.5, 0.6) is 0 Å². The lowest BCUT2D eigenvalue weighted by Crippen LogP contribution is -2.15. The molecule has 1 aromatic carbocycles. The van der Waals surface area contributed by atoms with Crippen molar-refractivity contribution in [2.75, 3.05) is 19.5 Å². The Kier molecular flexibility index (Phi) is 5.09. The zero-order chi connectivity index (χ0) is 13.6. The van der Waals surface area contributed by atoms with Crippen LogP contribution in [0.1, 0.15) is 0 Å². The predicted octanol–water partition coefficient (Wildman–Crippen LogP) is 2.56. The van der Waals surface area contributed by atoms with Crippen LogP contribution in [0.15, 0.2) is 42.7 Å². The molecule has 0 aromatic heterocycles. The van der Waals surface area contributed by atoms with Crippen molar-refractivity contribution >= 4 is 19.4 Å². The third-order valence-corrected chi connectivity index (χ3v) is 3.29. The first kappa shape index (κ1) is 14.4. The van der Waals surface area contributed by atoms with E-state index >= 15 is 0 Å². The summed E-state index contributed by atoms with van der Waals surface area (Å²) >= 11 is 0. The summed E-state index contributed by atoms with van der Waals surface area (Å²) in [5.74, 6) is -0.985. The van der Waals surface area contributed by atoms with Crippen molar-refractivity contribution < 1.29 is 22.9 Å². The number of carbonyl (C=O) groups is 1. The molecule has 6 nitrogen and oxygen atoms in total. The molecule has 0 spiro atoms. The van der Waals surface area contributed by atoms with Gasteiger partial charge in [-0.05, 0) is 12.1 Å². The van der Waals surface area contributed by atoms with Crippen LogP contribution in [-0.2, 0) is 22.9 Å². The Labute approximate surface area is 105 Å². The van der Waals surface area contributed by atoms with Crippen LogP contribution in [0.4, 0.5) is 5.69 Å². The van der Waals surface area contributed by atoms with Crippen LogP contribution in [0.3, 0.4) is 0 Å². The quantitative estimate of drug-likeness (QED) is 0.489. The van der Waals surface area contributed by atoms with E-state index in [0.717, 1.165) is 14.2 Å². The number of amides is 1. The molecule has 7 heteroatoms. The number of benzene rings is 1. The standard InChI is InChI=1S/C11H14NO5P/c1-9(17-18(14,15-2)16-3)11(13)12-10-7-5-4-6-8-10/h4-8H,1H2,2-3H3,(H,12,13). The minimum atomic E-state index is -3.76. The molecule has 0 unspecified atom stereocenters. The van der Waals surface area contributed by atoms with Gasteiger partial charge in [-0.3, -0.25) is 13.8 Å². The Morgan fingerprint density at radius 2 is 1.78 bits per heavy atom. The maximum absolute atomic E-state index is 11.7. The first-order valence-corrected chi connectivity index (χ1v) is 6.43. The fourth-order valence-electron chi connectivity index (χ4n) is 1.05. The number of phosphoric acid groups is 1. The number of rotatable bonds is 6. The van der Waals surface area contributed by atoms with Crippen LogP contribution in [-0.4, -0.2) is 20.1 Å². The third kappa shape index (κ3) is 4.00. The molecule has 0 bridgehead atoms. The normalized spacial score (nSPS) is 10.8. The Balaban J connectivity index is 2.63. The van der Waals surface area contributed by atoms with Crippen molar-refractivity contribution in [3.63, 3.8) is 0 Å². The monoisotopic (exact) mass is 271 g/mol. The second-order valence-corrected chi connectivity index (χ2v) is 4.95. The van der Waals surface area contributed by atoms with Gasteiger partial charge >= 0.3 is 7.82 Å². The first-order chi connectivity index (χ1) is 8.50. The van der Waals surface area contributed by atoms with Crippen molar-refractivity contribution in [3.05, 3.63) is 42.7 Å². The minimum absolute atomic E-state index is 0.356. The summed E-state index contributed by atoms with van der Waals surface area (Å²) in [5.41, 5.74) is 0.567. The summed E-state index contributed by atoms with van der Waals surface area (Å²) in [4.78, 5) is 11.7. The molecule has 0 saturated carbocycles. The highest BCUT2D eigenvalue weighted by molar-refractivity contribution is 7.48. The van der Waals surface area contributed by atoms with Gasteiger partial charge in [0.05, 0.1) is 0 Å². The molecule has 0 heterocycles. The van der Waals surface area contributed by atoms with E-state index in [4.69, 9.17) is 4.52 Å². The molecule has 1 amide bonds. The van der Waals surface area contributed by atoms with Crippen molar-refractivity contribution in [2.24, 2.45) is 0 Å². The van der Waals surface area contributed by atoms with Gasteiger partial charge in [-0.25, -0.2) is 4.57 Å². The van der Waals surface area contributed by atoms with E-state index in [1.54, 1.807) is 24.3 Å². The molecule has 18 heavy (non-hydrogen) atoms. The fraction of sp³-hybridized carbons (Fsp3) is 0.182. The predicted molar refractivity (Wildman–Crippen MR) is 66.9 cm³/mol. The summed E-state index contributed by atoms with van der Waals surface area (Å²) in [5, 5.41) is 2.52. The highest BCUT2D eigenvalue weighted by Crippen LogP contribution is 2.49. The van der Waals surface area contributed by atoms with Gasteiger partial charge in [0.15, 0.2) is 5.76 Å². The smallest absolute Gasteiger partial charge is 0.399 e. The van der Waals surface area contributed by atoms with E-state index in [9.17, 15) is 9.36 Å². The van der Waals surface area contributed by atoms with Gasteiger partial charge in [0.1, 0.15) is 0 Å². The molecule has 0 saturated heterocycles. The summed E-state index contributed by atoms with van der Waals surface area (Å²) < 4.78 is 25.4. The SMILES string of the molecule is C=C(OP(=O)(OC)OC)C(=O)Nc1ccccc1. The second-order valence-electron chi connectivity index (χ2n) is 3.15. The molecule has 0 aliphatic heterocycles. The maximum atomic E-state index is 11.7. The average molecular weight is 271 g/mol. The van der Waals surface area contributed by atoms with Gasteiger partial charge in [0.2, 0.25) is 0 Å². The zero-order valence-corrected chi connectivity index (χ0v) is 11.0. The van der Waals surface area contributed by atoms with E-state index in [2.05, 4.69) is 20.9 Å². The minimum Gasteiger partial charge on any atom is -0.399 e. The van der Waals surface area contributed by atoms with E-state index < -0.39 is 13.7 Å². The summed E-state index contributed by atoms with van der Waals surface area (Å²) in [6.45, 7) is 3.37. The molecular formula is C11H14NO5P. The van der Waals surface area contributed by atoms with Crippen molar-refractivity contribution in [1.82, 2.24) is 0 Å². The van der Waals surface area contributed by atoms with Gasteiger partial charge in [-0.2, -0.15) is 0 Å². The summed E-state index contributed by atoms with van der Waals surface area (Å²) in [7, 11) is -1.47. The number of nitrogens with one attached hydrogen (secondary N) is 1. The van der Waals surface area contributed by atoms with Gasteiger partial charge in [-0.15, -0.1) is 0 Å². The fourth-order valence-corrected chi connectivity index (χ4v) is 1.70. The van der Waals surface area contributed by atoms with Crippen molar-refractivity contribution in [3.8, 4) is 0 Å². The van der Waals surface area contributed by atoms with Gasteiger partial charge < -0.3 is 9.84 Å². The molecule has 1 N–H and O–H groups in total. The van der Waals surface area contributed by atoms with E-state index in [1.807, 2.05) is 6.07 Å². The topological polar surface area (TPSA) is 73.9 Å². The van der Waals surface area contributed by atoms with Crippen LogP contribution in [0, 0.1) is 0 Å². The Hall–Kier alpha value is -1.62. The lowest BCUT2D eigenvalue weighted by Gasteiger charge is -2.15. The van der Waals surface area contributed by atoms with E-state index in [-0.39, 0.29) is 5.76 Å². The molecule has 1 aromatic rings. The lowest BCUT2D eigenvalue weighted by atomic mass is 10.3. The average Bonchev–Trinajstić information content (AvgIpc) is 2.39. The molecule has 0 atom stereocenters. The van der Waals surface area contributed by atoms with Crippen molar-refractivity contribution in [1.29, 1.82) is 0 Å². The van der Waals surface area contributed by atoms with Gasteiger partial charge in [0, 0.05) is 19.9 Å². The maximum Gasteiger partial charge on any atom is 0.529 e. The van der Waals surface area contributed by atoms with E-state index in [1.165, 1.54) is 0 Å². The molecular weight excluding hydrogens is 257 g/mol. The highest BCUT2D eigenvalue weighted by atomic mass is 31.2. The van der Waals surface area contributed by atoms with E-state index in [0.29, 0.717) is 5.69 Å². The third-order valence-electron chi connectivity index (χ3n) is 1.95. The summed E-state index contributed by atoms with van der Waals surface area (Å²) in [6.07, 6.45) is 0. The van der Waals surface area contributed by atoms with Gasteiger partial charge in [-0.1, -0.05) is 24.8 Å². The zero-order valence-electron chi connectivity index (χ0n) is 10.1. The highest BCUT2D eigenvalue weighted by Gasteiger charge is 2.27. The second kappa shape index (κ2) is 6.35. The number of hydrogen-bond donors (Lipinski definition) is 1. The Morgan fingerprint density at radius 1 is 1.22 bits per heavy atom. The van der Waals surface area contributed by atoms with Gasteiger partial charge in [0.25, 0.3) is 5.91 Å². The molecule has 0 fully saturated rings.